The lowest BCUT2D eigenvalue weighted by atomic mass is 10.3. The van der Waals surface area contributed by atoms with Crippen LogP contribution in [0.1, 0.15) is 6.42 Å². The summed E-state index contributed by atoms with van der Waals surface area (Å²) in [6.07, 6.45) is -2.08. The van der Waals surface area contributed by atoms with E-state index in [9.17, 15) is 22.0 Å². The van der Waals surface area contributed by atoms with Crippen LogP contribution in [0, 0.1) is 0 Å². The fourth-order valence-corrected chi connectivity index (χ4v) is 1.58. The zero-order valence-corrected chi connectivity index (χ0v) is 9.71. The summed E-state index contributed by atoms with van der Waals surface area (Å²) in [5, 5.41) is 8.57. The minimum absolute atomic E-state index is 0.215. The number of carbonyl (C=O) groups excluding carboxylic acids is 1. The molecule has 0 aliphatic heterocycles. The van der Waals surface area contributed by atoms with E-state index in [0.717, 1.165) is 11.2 Å². The van der Waals surface area contributed by atoms with Crippen molar-refractivity contribution < 1.29 is 27.1 Å². The average molecular weight is 259 g/mol. The lowest BCUT2D eigenvalue weighted by molar-refractivity contribution is -0.133. The van der Waals surface area contributed by atoms with Crippen LogP contribution in [0.5, 0.6) is 0 Å². The first-order valence-electron chi connectivity index (χ1n) is 4.60. The SMILES string of the molecule is CS(=O)(=O)CCC(=O)N(CCO)CC(F)F. The van der Waals surface area contributed by atoms with Gasteiger partial charge in [-0.25, -0.2) is 17.2 Å². The number of aliphatic hydroxyl groups is 1. The quantitative estimate of drug-likeness (QED) is 0.669. The van der Waals surface area contributed by atoms with Gasteiger partial charge in [0.05, 0.1) is 18.9 Å². The summed E-state index contributed by atoms with van der Waals surface area (Å²) >= 11 is 0. The van der Waals surface area contributed by atoms with Gasteiger partial charge in [0.2, 0.25) is 5.91 Å². The van der Waals surface area contributed by atoms with Crippen molar-refractivity contribution in [3.63, 3.8) is 0 Å². The molecular formula is C8H15F2NO4S. The molecule has 0 spiro atoms. The Kier molecular flexibility index (Phi) is 6.42. The highest BCUT2D eigenvalue weighted by molar-refractivity contribution is 7.90. The molecule has 0 saturated carbocycles. The Morgan fingerprint density at radius 1 is 1.44 bits per heavy atom. The molecule has 0 fully saturated rings. The fourth-order valence-electron chi connectivity index (χ4n) is 1.04. The Labute approximate surface area is 93.0 Å². The van der Waals surface area contributed by atoms with Crippen LogP contribution in [-0.2, 0) is 14.6 Å². The van der Waals surface area contributed by atoms with Gasteiger partial charge >= 0.3 is 0 Å². The van der Waals surface area contributed by atoms with E-state index in [1.54, 1.807) is 0 Å². The molecule has 0 heterocycles. The molecule has 0 aliphatic rings. The third kappa shape index (κ3) is 7.52. The van der Waals surface area contributed by atoms with Gasteiger partial charge in [-0.2, -0.15) is 0 Å². The standard InChI is InChI=1S/C8H15F2NO4S/c1-16(14,15)5-2-8(13)11(3-4-12)6-7(9)10/h7,12H,2-6H2,1H3. The molecule has 0 radical (unpaired) electrons. The number of sulfone groups is 1. The lowest BCUT2D eigenvalue weighted by Gasteiger charge is -2.20. The number of carbonyl (C=O) groups is 1. The summed E-state index contributed by atoms with van der Waals surface area (Å²) in [5.41, 5.74) is 0. The minimum Gasteiger partial charge on any atom is -0.395 e. The second-order valence-corrected chi connectivity index (χ2v) is 5.59. The molecule has 0 aromatic carbocycles. The van der Waals surface area contributed by atoms with Crippen molar-refractivity contribution in [1.29, 1.82) is 0 Å². The highest BCUT2D eigenvalue weighted by atomic mass is 32.2. The van der Waals surface area contributed by atoms with Crippen molar-refractivity contribution in [2.45, 2.75) is 12.8 Å². The predicted molar refractivity (Wildman–Crippen MR) is 54.0 cm³/mol. The van der Waals surface area contributed by atoms with Gasteiger partial charge < -0.3 is 10.0 Å². The summed E-state index contributed by atoms with van der Waals surface area (Å²) in [6.45, 7) is -1.44. The molecule has 16 heavy (non-hydrogen) atoms. The van der Waals surface area contributed by atoms with Crippen molar-refractivity contribution in [2.24, 2.45) is 0 Å². The Morgan fingerprint density at radius 2 is 2.00 bits per heavy atom. The Morgan fingerprint density at radius 3 is 2.38 bits per heavy atom. The van der Waals surface area contributed by atoms with Crippen LogP contribution in [0.2, 0.25) is 0 Å². The maximum Gasteiger partial charge on any atom is 0.255 e. The zero-order valence-electron chi connectivity index (χ0n) is 8.90. The molecule has 0 unspecified atom stereocenters. The van der Waals surface area contributed by atoms with E-state index in [-0.39, 0.29) is 18.7 Å². The normalized spacial score (nSPS) is 11.8. The third-order valence-corrected chi connectivity index (χ3v) is 2.71. The second-order valence-electron chi connectivity index (χ2n) is 3.33. The van der Waals surface area contributed by atoms with Gasteiger partial charge in [0, 0.05) is 19.2 Å². The zero-order chi connectivity index (χ0) is 12.8. The number of halogens is 2. The van der Waals surface area contributed by atoms with Gasteiger partial charge in [-0.3, -0.25) is 4.79 Å². The summed E-state index contributed by atoms with van der Waals surface area (Å²) in [5.74, 6) is -1.07. The number of rotatable bonds is 7. The average Bonchev–Trinajstić information content (AvgIpc) is 2.11. The largest absolute Gasteiger partial charge is 0.395 e. The first kappa shape index (κ1) is 15.2. The molecule has 0 aromatic heterocycles. The highest BCUT2D eigenvalue weighted by Crippen LogP contribution is 2.02. The first-order chi connectivity index (χ1) is 7.26. The maximum atomic E-state index is 12.0. The summed E-state index contributed by atoms with van der Waals surface area (Å²) in [4.78, 5) is 12.1. The van der Waals surface area contributed by atoms with E-state index in [4.69, 9.17) is 5.11 Å². The van der Waals surface area contributed by atoms with E-state index in [1.807, 2.05) is 0 Å². The van der Waals surface area contributed by atoms with Crippen molar-refractivity contribution in [1.82, 2.24) is 4.90 Å². The lowest BCUT2D eigenvalue weighted by Crippen LogP contribution is -2.37. The summed E-state index contributed by atoms with van der Waals surface area (Å²) < 4.78 is 45.6. The van der Waals surface area contributed by atoms with Gasteiger partial charge in [0.25, 0.3) is 6.43 Å². The molecule has 96 valence electrons. The fraction of sp³-hybridized carbons (Fsp3) is 0.875. The molecule has 0 aromatic rings. The molecule has 0 aliphatic carbocycles. The van der Waals surface area contributed by atoms with Crippen LogP contribution < -0.4 is 0 Å². The number of amides is 1. The first-order valence-corrected chi connectivity index (χ1v) is 6.67. The van der Waals surface area contributed by atoms with Crippen LogP contribution in [-0.4, -0.2) is 62.5 Å². The van der Waals surface area contributed by atoms with E-state index < -0.39 is 35.3 Å². The molecule has 1 amide bonds. The van der Waals surface area contributed by atoms with Gasteiger partial charge in [0.15, 0.2) is 0 Å². The van der Waals surface area contributed by atoms with Crippen molar-refractivity contribution in [3.8, 4) is 0 Å². The number of alkyl halides is 2. The molecule has 8 heteroatoms. The van der Waals surface area contributed by atoms with Crippen LogP contribution >= 0.6 is 0 Å². The van der Waals surface area contributed by atoms with Gasteiger partial charge in [-0.05, 0) is 0 Å². The Bertz CT molecular complexity index is 318. The number of hydrogen-bond donors (Lipinski definition) is 1. The molecule has 0 saturated heterocycles. The van der Waals surface area contributed by atoms with Crippen molar-refractivity contribution in [2.75, 3.05) is 31.7 Å². The van der Waals surface area contributed by atoms with E-state index >= 15 is 0 Å². The Hall–Kier alpha value is -0.760. The van der Waals surface area contributed by atoms with Gasteiger partial charge in [-0.15, -0.1) is 0 Å². The molecule has 0 bridgehead atoms. The van der Waals surface area contributed by atoms with Crippen LogP contribution in [0.15, 0.2) is 0 Å². The minimum atomic E-state index is -3.29. The van der Waals surface area contributed by atoms with Crippen LogP contribution in [0.25, 0.3) is 0 Å². The molecule has 0 atom stereocenters. The van der Waals surface area contributed by atoms with E-state index in [2.05, 4.69) is 0 Å². The third-order valence-electron chi connectivity index (χ3n) is 1.77. The monoisotopic (exact) mass is 259 g/mol. The van der Waals surface area contributed by atoms with Gasteiger partial charge in [0.1, 0.15) is 9.84 Å². The number of hydrogen-bond acceptors (Lipinski definition) is 4. The smallest absolute Gasteiger partial charge is 0.255 e. The van der Waals surface area contributed by atoms with Gasteiger partial charge in [-0.1, -0.05) is 0 Å². The second kappa shape index (κ2) is 6.74. The van der Waals surface area contributed by atoms with E-state index in [0.29, 0.717) is 0 Å². The molecular weight excluding hydrogens is 244 g/mol. The summed E-state index contributed by atoms with van der Waals surface area (Å²) in [6, 6.07) is 0. The molecule has 5 nitrogen and oxygen atoms in total. The number of aliphatic hydroxyl groups excluding tert-OH is 1. The molecule has 0 rings (SSSR count). The van der Waals surface area contributed by atoms with Crippen molar-refractivity contribution >= 4 is 15.7 Å². The van der Waals surface area contributed by atoms with Crippen LogP contribution in [0.4, 0.5) is 8.78 Å². The highest BCUT2D eigenvalue weighted by Gasteiger charge is 2.18. The topological polar surface area (TPSA) is 74.7 Å². The maximum absolute atomic E-state index is 12.0. The molecule has 1 N–H and O–H groups in total. The summed E-state index contributed by atoms with van der Waals surface area (Å²) in [7, 11) is -3.29. The van der Waals surface area contributed by atoms with E-state index in [1.165, 1.54) is 0 Å². The number of nitrogens with zero attached hydrogens (tertiary/aromatic N) is 1. The Balaban J connectivity index is 4.27. The van der Waals surface area contributed by atoms with Crippen LogP contribution in [0.3, 0.4) is 0 Å². The van der Waals surface area contributed by atoms with Crippen molar-refractivity contribution in [3.05, 3.63) is 0 Å². The predicted octanol–water partition coefficient (Wildman–Crippen LogP) is -0.493.